The van der Waals surface area contributed by atoms with E-state index in [4.69, 9.17) is 9.47 Å². The van der Waals surface area contributed by atoms with Crippen LogP contribution in [0.25, 0.3) is 16.3 Å². The number of methoxy groups -OCH3 is 1. The van der Waals surface area contributed by atoms with Crippen molar-refractivity contribution in [3.05, 3.63) is 59.1 Å². The number of ether oxygens (including phenoxy) is 2. The highest BCUT2D eigenvalue weighted by molar-refractivity contribution is 7.18. The molecule has 1 amide bonds. The molecule has 140 valence electrons. The van der Waals surface area contributed by atoms with Gasteiger partial charge in [0.15, 0.2) is 11.5 Å². The van der Waals surface area contributed by atoms with E-state index in [0.29, 0.717) is 24.7 Å². The van der Waals surface area contributed by atoms with Crippen LogP contribution >= 0.6 is 11.3 Å². The standard InChI is InChI=1S/C21H22N2O3S/c1-4-26-18-13-15(9-11-17(18)25-3)10-12-21(24)23(2)14-20-22-16-7-5-6-8-19(16)27-20/h5-13H,4,14H2,1-3H3/b12-10+. The van der Waals surface area contributed by atoms with Gasteiger partial charge in [-0.05, 0) is 42.8 Å². The first-order chi connectivity index (χ1) is 13.1. The second kappa shape index (κ2) is 8.68. The third kappa shape index (κ3) is 4.65. The molecule has 6 heteroatoms. The van der Waals surface area contributed by atoms with Crippen molar-refractivity contribution in [3.63, 3.8) is 0 Å². The average molecular weight is 382 g/mol. The number of para-hydroxylation sites is 1. The van der Waals surface area contributed by atoms with Crippen molar-refractivity contribution in [1.29, 1.82) is 0 Å². The van der Waals surface area contributed by atoms with Crippen molar-refractivity contribution in [2.24, 2.45) is 0 Å². The number of carbonyl (C=O) groups excluding carboxylic acids is 1. The van der Waals surface area contributed by atoms with Crippen molar-refractivity contribution in [2.75, 3.05) is 20.8 Å². The Morgan fingerprint density at radius 2 is 2.04 bits per heavy atom. The van der Waals surface area contributed by atoms with Gasteiger partial charge in [0.25, 0.3) is 0 Å². The first kappa shape index (κ1) is 18.9. The van der Waals surface area contributed by atoms with Gasteiger partial charge in [0.1, 0.15) is 5.01 Å². The van der Waals surface area contributed by atoms with E-state index in [-0.39, 0.29) is 5.91 Å². The number of aromatic nitrogens is 1. The van der Waals surface area contributed by atoms with Crippen molar-refractivity contribution in [2.45, 2.75) is 13.5 Å². The predicted molar refractivity (Wildman–Crippen MR) is 109 cm³/mol. The molecule has 5 nitrogen and oxygen atoms in total. The molecule has 3 aromatic rings. The fraction of sp³-hybridized carbons (Fsp3) is 0.238. The van der Waals surface area contributed by atoms with Gasteiger partial charge in [-0.3, -0.25) is 4.79 Å². The maximum atomic E-state index is 12.4. The first-order valence-corrected chi connectivity index (χ1v) is 9.51. The number of carbonyl (C=O) groups is 1. The van der Waals surface area contributed by atoms with Gasteiger partial charge in [0.05, 0.1) is 30.5 Å². The highest BCUT2D eigenvalue weighted by Gasteiger charge is 2.10. The Balaban J connectivity index is 1.67. The summed E-state index contributed by atoms with van der Waals surface area (Å²) in [5.74, 6) is 1.26. The van der Waals surface area contributed by atoms with Crippen LogP contribution in [0.1, 0.15) is 17.5 Å². The van der Waals surface area contributed by atoms with E-state index in [0.717, 1.165) is 20.8 Å². The SMILES string of the molecule is CCOc1cc(/C=C/C(=O)N(C)Cc2nc3ccccc3s2)ccc1OC. The molecule has 0 aliphatic rings. The second-order valence-electron chi connectivity index (χ2n) is 5.95. The number of amides is 1. The van der Waals surface area contributed by atoms with Crippen LogP contribution in [0.15, 0.2) is 48.5 Å². The molecule has 0 fully saturated rings. The summed E-state index contributed by atoms with van der Waals surface area (Å²) in [6.45, 7) is 2.95. The lowest BCUT2D eigenvalue weighted by Gasteiger charge is -2.13. The van der Waals surface area contributed by atoms with Crippen molar-refractivity contribution < 1.29 is 14.3 Å². The van der Waals surface area contributed by atoms with E-state index >= 15 is 0 Å². The third-order valence-corrected chi connectivity index (χ3v) is 5.01. The van der Waals surface area contributed by atoms with Gasteiger partial charge in [0.2, 0.25) is 5.91 Å². The number of fused-ring (bicyclic) bond motifs is 1. The van der Waals surface area contributed by atoms with E-state index < -0.39 is 0 Å². The predicted octanol–water partition coefficient (Wildman–Crippen LogP) is 4.38. The summed E-state index contributed by atoms with van der Waals surface area (Å²) in [4.78, 5) is 18.7. The lowest BCUT2D eigenvalue weighted by Crippen LogP contribution is -2.23. The van der Waals surface area contributed by atoms with E-state index in [1.807, 2.05) is 49.4 Å². The molecule has 0 saturated carbocycles. The zero-order chi connectivity index (χ0) is 19.2. The maximum Gasteiger partial charge on any atom is 0.246 e. The summed E-state index contributed by atoms with van der Waals surface area (Å²) >= 11 is 1.61. The van der Waals surface area contributed by atoms with Gasteiger partial charge in [-0.15, -0.1) is 11.3 Å². The molecule has 0 aliphatic carbocycles. The largest absolute Gasteiger partial charge is 0.493 e. The molecule has 0 aliphatic heterocycles. The van der Waals surface area contributed by atoms with Crippen LogP contribution in [0.2, 0.25) is 0 Å². The Morgan fingerprint density at radius 1 is 1.22 bits per heavy atom. The van der Waals surface area contributed by atoms with Gasteiger partial charge >= 0.3 is 0 Å². The quantitative estimate of drug-likeness (QED) is 0.569. The Hall–Kier alpha value is -2.86. The van der Waals surface area contributed by atoms with E-state index in [9.17, 15) is 4.79 Å². The molecule has 1 aromatic heterocycles. The minimum atomic E-state index is -0.0805. The Kier molecular flexibility index (Phi) is 6.08. The zero-order valence-electron chi connectivity index (χ0n) is 15.6. The number of likely N-dealkylation sites (N-methyl/N-ethyl adjacent to an activating group) is 1. The normalized spacial score (nSPS) is 11.1. The smallest absolute Gasteiger partial charge is 0.246 e. The van der Waals surface area contributed by atoms with E-state index in [1.165, 1.54) is 0 Å². The summed E-state index contributed by atoms with van der Waals surface area (Å²) in [7, 11) is 3.38. The van der Waals surface area contributed by atoms with Crippen LogP contribution in [-0.2, 0) is 11.3 Å². The van der Waals surface area contributed by atoms with Crippen LogP contribution in [0.4, 0.5) is 0 Å². The average Bonchev–Trinajstić information content (AvgIpc) is 3.08. The monoisotopic (exact) mass is 382 g/mol. The molecule has 3 rings (SSSR count). The molecule has 2 aromatic carbocycles. The number of nitrogens with zero attached hydrogens (tertiary/aromatic N) is 2. The van der Waals surface area contributed by atoms with Crippen LogP contribution < -0.4 is 9.47 Å². The van der Waals surface area contributed by atoms with Crippen LogP contribution in [0.3, 0.4) is 0 Å². The minimum absolute atomic E-state index is 0.0805. The molecule has 0 N–H and O–H groups in total. The highest BCUT2D eigenvalue weighted by Crippen LogP contribution is 2.28. The summed E-state index contributed by atoms with van der Waals surface area (Å²) in [6, 6.07) is 13.6. The topological polar surface area (TPSA) is 51.7 Å². The van der Waals surface area contributed by atoms with Crippen molar-refractivity contribution in [3.8, 4) is 11.5 Å². The summed E-state index contributed by atoms with van der Waals surface area (Å²) in [5, 5.41) is 0.920. The number of benzene rings is 2. The molecule has 0 radical (unpaired) electrons. The minimum Gasteiger partial charge on any atom is -0.493 e. The molecule has 0 unspecified atom stereocenters. The number of rotatable bonds is 7. The Morgan fingerprint density at radius 3 is 2.78 bits per heavy atom. The number of thiazole rings is 1. The van der Waals surface area contributed by atoms with E-state index in [1.54, 1.807) is 42.5 Å². The third-order valence-electron chi connectivity index (χ3n) is 3.99. The maximum absolute atomic E-state index is 12.4. The second-order valence-corrected chi connectivity index (χ2v) is 7.06. The number of hydrogen-bond acceptors (Lipinski definition) is 5. The Labute approximate surface area is 162 Å². The molecule has 0 spiro atoms. The van der Waals surface area contributed by atoms with Crippen LogP contribution in [0, 0.1) is 0 Å². The lowest BCUT2D eigenvalue weighted by molar-refractivity contribution is -0.125. The molecular formula is C21H22N2O3S. The van der Waals surface area contributed by atoms with Gasteiger partial charge in [-0.1, -0.05) is 18.2 Å². The summed E-state index contributed by atoms with van der Waals surface area (Å²) in [5.41, 5.74) is 1.84. The molecular weight excluding hydrogens is 360 g/mol. The molecule has 27 heavy (non-hydrogen) atoms. The van der Waals surface area contributed by atoms with Crippen molar-refractivity contribution in [1.82, 2.24) is 9.88 Å². The van der Waals surface area contributed by atoms with Crippen molar-refractivity contribution >= 4 is 33.5 Å². The fourth-order valence-electron chi connectivity index (χ4n) is 2.63. The van der Waals surface area contributed by atoms with Gasteiger partial charge in [0, 0.05) is 13.1 Å². The van der Waals surface area contributed by atoms with Crippen LogP contribution in [0.5, 0.6) is 11.5 Å². The molecule has 1 heterocycles. The summed E-state index contributed by atoms with van der Waals surface area (Å²) in [6.07, 6.45) is 3.34. The molecule has 0 bridgehead atoms. The van der Waals surface area contributed by atoms with Gasteiger partial charge in [-0.25, -0.2) is 4.98 Å². The Bertz CT molecular complexity index is 932. The highest BCUT2D eigenvalue weighted by atomic mass is 32.1. The van der Waals surface area contributed by atoms with E-state index in [2.05, 4.69) is 4.98 Å². The van der Waals surface area contributed by atoms with Gasteiger partial charge < -0.3 is 14.4 Å². The number of hydrogen-bond donors (Lipinski definition) is 0. The zero-order valence-corrected chi connectivity index (χ0v) is 16.5. The molecule has 0 saturated heterocycles. The molecule has 0 atom stereocenters. The summed E-state index contributed by atoms with van der Waals surface area (Å²) < 4.78 is 12.0. The first-order valence-electron chi connectivity index (χ1n) is 8.69. The fourth-order valence-corrected chi connectivity index (χ4v) is 3.65. The lowest BCUT2D eigenvalue weighted by atomic mass is 10.2. The van der Waals surface area contributed by atoms with Gasteiger partial charge in [-0.2, -0.15) is 0 Å². The van der Waals surface area contributed by atoms with Crippen LogP contribution in [-0.4, -0.2) is 36.6 Å².